The lowest BCUT2D eigenvalue weighted by molar-refractivity contribution is -0.137. The standard InChI is InChI=1S/C12H17NO4S/c1-11(2)8-9(12(3,4)17-11)18-10(16)13(8)6-5-7(14)15/h5-6H2,1-4H3,(H,14,15). The summed E-state index contributed by atoms with van der Waals surface area (Å²) in [5.74, 6) is -0.905. The Morgan fingerprint density at radius 3 is 2.50 bits per heavy atom. The summed E-state index contributed by atoms with van der Waals surface area (Å²) < 4.78 is 7.50. The fourth-order valence-electron chi connectivity index (χ4n) is 2.55. The molecular weight excluding hydrogens is 254 g/mol. The van der Waals surface area contributed by atoms with E-state index in [0.717, 1.165) is 21.9 Å². The van der Waals surface area contributed by atoms with Crippen molar-refractivity contribution in [2.45, 2.75) is 51.9 Å². The molecule has 1 aliphatic rings. The molecule has 1 aromatic heterocycles. The average Bonchev–Trinajstić information content (AvgIpc) is 2.59. The Balaban J connectivity index is 2.51. The smallest absolute Gasteiger partial charge is 0.307 e. The van der Waals surface area contributed by atoms with Gasteiger partial charge < -0.3 is 9.84 Å². The summed E-state index contributed by atoms with van der Waals surface area (Å²) in [5, 5.41) is 8.74. The number of carboxylic acids is 1. The third kappa shape index (κ3) is 1.99. The molecule has 5 nitrogen and oxygen atoms in total. The predicted octanol–water partition coefficient (Wildman–Crippen LogP) is 1.88. The van der Waals surface area contributed by atoms with E-state index in [1.54, 1.807) is 4.57 Å². The second-order valence-electron chi connectivity index (χ2n) is 5.46. The minimum atomic E-state index is -0.905. The van der Waals surface area contributed by atoms with Gasteiger partial charge in [0.2, 0.25) is 0 Å². The van der Waals surface area contributed by atoms with E-state index in [1.165, 1.54) is 0 Å². The maximum atomic E-state index is 12.0. The van der Waals surface area contributed by atoms with Crippen LogP contribution in [0, 0.1) is 0 Å². The van der Waals surface area contributed by atoms with Crippen LogP contribution in [0.1, 0.15) is 44.7 Å². The third-order valence-electron chi connectivity index (χ3n) is 3.07. The van der Waals surface area contributed by atoms with E-state index in [4.69, 9.17) is 9.84 Å². The van der Waals surface area contributed by atoms with Crippen molar-refractivity contribution >= 4 is 17.3 Å². The summed E-state index contributed by atoms with van der Waals surface area (Å²) in [5.41, 5.74) is -0.225. The quantitative estimate of drug-likeness (QED) is 0.911. The number of carboxylic acid groups (broad SMARTS) is 1. The molecule has 0 radical (unpaired) electrons. The van der Waals surface area contributed by atoms with Crippen molar-refractivity contribution in [2.75, 3.05) is 0 Å². The molecule has 1 aliphatic heterocycles. The molecule has 0 saturated heterocycles. The van der Waals surface area contributed by atoms with E-state index in [9.17, 15) is 9.59 Å². The first kappa shape index (κ1) is 13.3. The Kier molecular flexibility index (Phi) is 2.90. The monoisotopic (exact) mass is 271 g/mol. The summed E-state index contributed by atoms with van der Waals surface area (Å²) in [4.78, 5) is 23.4. The molecule has 6 heteroatoms. The first-order valence-corrected chi connectivity index (χ1v) is 6.63. The molecule has 2 rings (SSSR count). The molecule has 0 saturated carbocycles. The minimum Gasteiger partial charge on any atom is -0.481 e. The molecular formula is C12H17NO4S. The van der Waals surface area contributed by atoms with Gasteiger partial charge in [-0.05, 0) is 27.7 Å². The molecule has 0 spiro atoms. The number of ether oxygens (including phenoxy) is 1. The van der Waals surface area contributed by atoms with Crippen LogP contribution in [-0.2, 0) is 27.3 Å². The van der Waals surface area contributed by atoms with Gasteiger partial charge in [-0.1, -0.05) is 11.3 Å². The Labute approximate surface area is 109 Å². The zero-order valence-electron chi connectivity index (χ0n) is 10.9. The number of aliphatic carboxylic acids is 1. The van der Waals surface area contributed by atoms with E-state index in [0.29, 0.717) is 0 Å². The molecule has 0 bridgehead atoms. The molecule has 100 valence electrons. The van der Waals surface area contributed by atoms with Gasteiger partial charge in [-0.15, -0.1) is 0 Å². The highest BCUT2D eigenvalue weighted by molar-refractivity contribution is 7.09. The van der Waals surface area contributed by atoms with Crippen LogP contribution in [0.2, 0.25) is 0 Å². The number of aromatic nitrogens is 1. The minimum absolute atomic E-state index is 0.0560. The number of hydrogen-bond donors (Lipinski definition) is 1. The van der Waals surface area contributed by atoms with Crippen LogP contribution in [0.5, 0.6) is 0 Å². The Bertz CT molecular complexity index is 553. The van der Waals surface area contributed by atoms with E-state index >= 15 is 0 Å². The van der Waals surface area contributed by atoms with Crippen LogP contribution in [0.15, 0.2) is 4.79 Å². The summed E-state index contributed by atoms with van der Waals surface area (Å²) in [6.07, 6.45) is -0.0560. The van der Waals surface area contributed by atoms with Crippen LogP contribution in [0.4, 0.5) is 0 Å². The molecule has 0 unspecified atom stereocenters. The third-order valence-corrected chi connectivity index (χ3v) is 4.36. The molecule has 18 heavy (non-hydrogen) atoms. The second-order valence-corrected chi connectivity index (χ2v) is 6.43. The van der Waals surface area contributed by atoms with Gasteiger partial charge in [-0.3, -0.25) is 14.2 Å². The van der Waals surface area contributed by atoms with Crippen molar-refractivity contribution in [3.05, 3.63) is 20.2 Å². The zero-order valence-corrected chi connectivity index (χ0v) is 11.8. The maximum Gasteiger partial charge on any atom is 0.307 e. The van der Waals surface area contributed by atoms with Gasteiger partial charge in [0.15, 0.2) is 0 Å². The lowest BCUT2D eigenvalue weighted by Gasteiger charge is -2.25. The largest absolute Gasteiger partial charge is 0.481 e. The van der Waals surface area contributed by atoms with Crippen molar-refractivity contribution in [1.82, 2.24) is 4.57 Å². The zero-order chi connectivity index (χ0) is 13.7. The van der Waals surface area contributed by atoms with Crippen molar-refractivity contribution in [1.29, 1.82) is 0 Å². The van der Waals surface area contributed by atoms with Crippen LogP contribution in [0.25, 0.3) is 0 Å². The first-order chi connectivity index (χ1) is 8.15. The molecule has 0 amide bonds. The lowest BCUT2D eigenvalue weighted by atomic mass is 10.0. The highest BCUT2D eigenvalue weighted by Crippen LogP contribution is 2.47. The van der Waals surface area contributed by atoms with E-state index < -0.39 is 17.2 Å². The Morgan fingerprint density at radius 2 is 1.94 bits per heavy atom. The van der Waals surface area contributed by atoms with Crippen molar-refractivity contribution in [2.24, 2.45) is 0 Å². The molecule has 0 aliphatic carbocycles. The molecule has 1 aromatic rings. The van der Waals surface area contributed by atoms with Crippen LogP contribution in [0.3, 0.4) is 0 Å². The molecule has 0 atom stereocenters. The fourth-order valence-corrected chi connectivity index (χ4v) is 3.76. The van der Waals surface area contributed by atoms with Gasteiger partial charge in [-0.2, -0.15) is 0 Å². The maximum absolute atomic E-state index is 12.0. The Morgan fingerprint density at radius 1 is 1.33 bits per heavy atom. The average molecular weight is 271 g/mol. The van der Waals surface area contributed by atoms with Crippen LogP contribution < -0.4 is 4.87 Å². The van der Waals surface area contributed by atoms with Gasteiger partial charge in [-0.25, -0.2) is 0 Å². The van der Waals surface area contributed by atoms with Gasteiger partial charge in [0.1, 0.15) is 5.60 Å². The summed E-state index contributed by atoms with van der Waals surface area (Å²) in [6, 6.07) is 0. The van der Waals surface area contributed by atoms with Gasteiger partial charge in [0.25, 0.3) is 0 Å². The number of thiazole rings is 1. The van der Waals surface area contributed by atoms with E-state index in [-0.39, 0.29) is 17.8 Å². The Hall–Kier alpha value is -1.14. The number of hydrogen-bond acceptors (Lipinski definition) is 4. The summed E-state index contributed by atoms with van der Waals surface area (Å²) in [6.45, 7) is 7.87. The SMILES string of the molecule is CC1(C)OC(C)(C)c2c1sc(=O)n2CCC(=O)O. The van der Waals surface area contributed by atoms with E-state index in [1.807, 2.05) is 27.7 Å². The molecule has 0 fully saturated rings. The molecule has 0 aromatic carbocycles. The van der Waals surface area contributed by atoms with Gasteiger partial charge >= 0.3 is 10.8 Å². The topological polar surface area (TPSA) is 68.5 Å². The van der Waals surface area contributed by atoms with Crippen LogP contribution in [-0.4, -0.2) is 15.6 Å². The van der Waals surface area contributed by atoms with Crippen molar-refractivity contribution < 1.29 is 14.6 Å². The van der Waals surface area contributed by atoms with Gasteiger partial charge in [0.05, 0.1) is 22.6 Å². The predicted molar refractivity (Wildman–Crippen MR) is 68.0 cm³/mol. The summed E-state index contributed by atoms with van der Waals surface area (Å²) >= 11 is 1.15. The molecule has 2 heterocycles. The normalized spacial score (nSPS) is 19.8. The van der Waals surface area contributed by atoms with Crippen molar-refractivity contribution in [3.8, 4) is 0 Å². The number of fused-ring (bicyclic) bond motifs is 1. The van der Waals surface area contributed by atoms with Gasteiger partial charge in [0, 0.05) is 6.54 Å². The first-order valence-electron chi connectivity index (χ1n) is 5.82. The number of carbonyl (C=O) groups is 1. The number of nitrogens with zero attached hydrogens (tertiary/aromatic N) is 1. The van der Waals surface area contributed by atoms with E-state index in [2.05, 4.69) is 0 Å². The highest BCUT2D eigenvalue weighted by Gasteiger charge is 2.47. The summed E-state index contributed by atoms with van der Waals surface area (Å²) in [7, 11) is 0. The van der Waals surface area contributed by atoms with Crippen LogP contribution >= 0.6 is 11.3 Å². The van der Waals surface area contributed by atoms with Crippen molar-refractivity contribution in [3.63, 3.8) is 0 Å². The second kappa shape index (κ2) is 3.93. The lowest BCUT2D eigenvalue weighted by Crippen LogP contribution is -2.28. The number of rotatable bonds is 3. The fraction of sp³-hybridized carbons (Fsp3) is 0.667. The highest BCUT2D eigenvalue weighted by atomic mass is 32.1. The molecule has 1 N–H and O–H groups in total.